The first-order valence-corrected chi connectivity index (χ1v) is 6.90. The van der Waals surface area contributed by atoms with Crippen molar-refractivity contribution >= 4 is 5.78 Å². The minimum absolute atomic E-state index is 0.445. The quantitative estimate of drug-likeness (QED) is 0.717. The van der Waals surface area contributed by atoms with Gasteiger partial charge in [-0.3, -0.25) is 4.79 Å². The van der Waals surface area contributed by atoms with Crippen LogP contribution in [0.3, 0.4) is 0 Å². The third-order valence-corrected chi connectivity index (χ3v) is 3.84. The SMILES string of the molecule is O=C(CCc1ccccc1)CCC1CCCC1. The second kappa shape index (κ2) is 6.58. The molecule has 0 saturated heterocycles. The molecule has 0 atom stereocenters. The van der Waals surface area contributed by atoms with E-state index in [1.165, 1.54) is 31.2 Å². The molecule has 1 fully saturated rings. The molecule has 1 aromatic rings. The highest BCUT2D eigenvalue weighted by Gasteiger charge is 2.15. The molecule has 0 N–H and O–H groups in total. The Labute approximate surface area is 104 Å². The number of benzene rings is 1. The van der Waals surface area contributed by atoms with Crippen LogP contribution in [0.2, 0.25) is 0 Å². The number of aryl methyl sites for hydroxylation is 1. The maximum absolute atomic E-state index is 11.8. The Morgan fingerprint density at radius 1 is 1.06 bits per heavy atom. The number of hydrogen-bond acceptors (Lipinski definition) is 1. The van der Waals surface area contributed by atoms with Gasteiger partial charge in [0, 0.05) is 12.8 Å². The van der Waals surface area contributed by atoms with Crippen molar-refractivity contribution in [2.45, 2.75) is 51.4 Å². The van der Waals surface area contributed by atoms with Crippen LogP contribution in [-0.2, 0) is 11.2 Å². The molecule has 1 aromatic carbocycles. The molecular formula is C16H22O. The van der Waals surface area contributed by atoms with Crippen LogP contribution in [-0.4, -0.2) is 5.78 Å². The minimum Gasteiger partial charge on any atom is -0.300 e. The van der Waals surface area contributed by atoms with Crippen LogP contribution in [0.15, 0.2) is 30.3 Å². The molecule has 0 bridgehead atoms. The van der Waals surface area contributed by atoms with Crippen LogP contribution in [0.5, 0.6) is 0 Å². The van der Waals surface area contributed by atoms with E-state index in [9.17, 15) is 4.79 Å². The Balaban J connectivity index is 1.64. The van der Waals surface area contributed by atoms with Crippen LogP contribution in [0.4, 0.5) is 0 Å². The van der Waals surface area contributed by atoms with E-state index < -0.39 is 0 Å². The van der Waals surface area contributed by atoms with Gasteiger partial charge in [-0.15, -0.1) is 0 Å². The number of rotatable bonds is 6. The summed E-state index contributed by atoms with van der Waals surface area (Å²) in [5, 5.41) is 0. The lowest BCUT2D eigenvalue weighted by Crippen LogP contribution is -2.03. The Kier molecular flexibility index (Phi) is 4.78. The summed E-state index contributed by atoms with van der Waals surface area (Å²) in [6.07, 6.45) is 9.02. The molecule has 0 amide bonds. The fraction of sp³-hybridized carbons (Fsp3) is 0.562. The molecule has 1 aliphatic rings. The molecule has 1 aliphatic carbocycles. The summed E-state index contributed by atoms with van der Waals surface area (Å²) in [4.78, 5) is 11.8. The van der Waals surface area contributed by atoms with E-state index >= 15 is 0 Å². The fourth-order valence-corrected chi connectivity index (χ4v) is 2.72. The first kappa shape index (κ1) is 12.3. The largest absolute Gasteiger partial charge is 0.300 e. The summed E-state index contributed by atoms with van der Waals surface area (Å²) < 4.78 is 0. The Morgan fingerprint density at radius 2 is 1.76 bits per heavy atom. The molecule has 2 rings (SSSR count). The maximum atomic E-state index is 11.8. The zero-order valence-corrected chi connectivity index (χ0v) is 10.5. The second-order valence-corrected chi connectivity index (χ2v) is 5.21. The molecule has 0 radical (unpaired) electrons. The van der Waals surface area contributed by atoms with E-state index in [2.05, 4.69) is 12.1 Å². The molecule has 0 aliphatic heterocycles. The van der Waals surface area contributed by atoms with Gasteiger partial charge in [0.1, 0.15) is 5.78 Å². The van der Waals surface area contributed by atoms with Crippen molar-refractivity contribution in [3.05, 3.63) is 35.9 Å². The molecule has 92 valence electrons. The molecule has 0 heterocycles. The lowest BCUT2D eigenvalue weighted by molar-refractivity contribution is -0.119. The van der Waals surface area contributed by atoms with Crippen molar-refractivity contribution in [3.8, 4) is 0 Å². The second-order valence-electron chi connectivity index (χ2n) is 5.21. The Morgan fingerprint density at radius 3 is 2.47 bits per heavy atom. The third-order valence-electron chi connectivity index (χ3n) is 3.84. The monoisotopic (exact) mass is 230 g/mol. The van der Waals surface area contributed by atoms with Crippen molar-refractivity contribution in [3.63, 3.8) is 0 Å². The van der Waals surface area contributed by atoms with Gasteiger partial charge in [-0.1, -0.05) is 56.0 Å². The van der Waals surface area contributed by atoms with Gasteiger partial charge in [-0.05, 0) is 24.3 Å². The third kappa shape index (κ3) is 4.33. The normalized spacial score (nSPS) is 16.2. The van der Waals surface area contributed by atoms with E-state index in [-0.39, 0.29) is 0 Å². The van der Waals surface area contributed by atoms with Crippen molar-refractivity contribution in [1.29, 1.82) is 0 Å². The average Bonchev–Trinajstić information content (AvgIpc) is 2.88. The lowest BCUT2D eigenvalue weighted by atomic mass is 9.98. The van der Waals surface area contributed by atoms with E-state index in [0.717, 1.165) is 31.6 Å². The predicted molar refractivity (Wildman–Crippen MR) is 71.0 cm³/mol. The van der Waals surface area contributed by atoms with Crippen LogP contribution < -0.4 is 0 Å². The van der Waals surface area contributed by atoms with E-state index in [0.29, 0.717) is 5.78 Å². The Hall–Kier alpha value is -1.11. The predicted octanol–water partition coefficient (Wildman–Crippen LogP) is 4.16. The molecule has 0 unspecified atom stereocenters. The van der Waals surface area contributed by atoms with E-state index in [4.69, 9.17) is 0 Å². The van der Waals surface area contributed by atoms with Crippen molar-refractivity contribution < 1.29 is 4.79 Å². The first-order valence-electron chi connectivity index (χ1n) is 6.90. The van der Waals surface area contributed by atoms with E-state index in [1.54, 1.807) is 0 Å². The summed E-state index contributed by atoms with van der Waals surface area (Å²) >= 11 is 0. The smallest absolute Gasteiger partial charge is 0.133 e. The number of carbonyl (C=O) groups is 1. The van der Waals surface area contributed by atoms with Gasteiger partial charge >= 0.3 is 0 Å². The summed E-state index contributed by atoms with van der Waals surface area (Å²) in [6, 6.07) is 10.3. The molecule has 1 saturated carbocycles. The van der Waals surface area contributed by atoms with Gasteiger partial charge in [0.25, 0.3) is 0 Å². The van der Waals surface area contributed by atoms with E-state index in [1.807, 2.05) is 18.2 Å². The van der Waals surface area contributed by atoms with Gasteiger partial charge in [-0.25, -0.2) is 0 Å². The molecule has 0 aromatic heterocycles. The Bertz CT molecular complexity index is 336. The summed E-state index contributed by atoms with van der Waals surface area (Å²) in [5.74, 6) is 1.29. The lowest BCUT2D eigenvalue weighted by Gasteiger charge is -2.07. The maximum Gasteiger partial charge on any atom is 0.133 e. The van der Waals surface area contributed by atoms with Crippen LogP contribution >= 0.6 is 0 Å². The van der Waals surface area contributed by atoms with Gasteiger partial charge < -0.3 is 0 Å². The van der Waals surface area contributed by atoms with Crippen molar-refractivity contribution in [2.24, 2.45) is 5.92 Å². The highest BCUT2D eigenvalue weighted by molar-refractivity contribution is 5.78. The number of ketones is 1. The topological polar surface area (TPSA) is 17.1 Å². The molecule has 1 nitrogen and oxygen atoms in total. The fourth-order valence-electron chi connectivity index (χ4n) is 2.72. The highest BCUT2D eigenvalue weighted by atomic mass is 16.1. The van der Waals surface area contributed by atoms with Gasteiger partial charge in [0.2, 0.25) is 0 Å². The van der Waals surface area contributed by atoms with Crippen molar-refractivity contribution in [1.82, 2.24) is 0 Å². The van der Waals surface area contributed by atoms with Crippen LogP contribution in [0, 0.1) is 5.92 Å². The molecule has 17 heavy (non-hydrogen) atoms. The zero-order valence-electron chi connectivity index (χ0n) is 10.5. The summed E-state index contributed by atoms with van der Waals surface area (Å²) in [7, 11) is 0. The molecular weight excluding hydrogens is 208 g/mol. The first-order chi connectivity index (χ1) is 8.34. The average molecular weight is 230 g/mol. The van der Waals surface area contributed by atoms with Crippen LogP contribution in [0.25, 0.3) is 0 Å². The van der Waals surface area contributed by atoms with Gasteiger partial charge in [-0.2, -0.15) is 0 Å². The molecule has 0 spiro atoms. The standard InChI is InChI=1S/C16H22O/c17-16(13-11-15-8-4-5-9-15)12-10-14-6-2-1-3-7-14/h1-3,6-7,15H,4-5,8-13H2. The number of carbonyl (C=O) groups excluding carboxylic acids is 1. The zero-order chi connectivity index (χ0) is 11.9. The van der Waals surface area contributed by atoms with Gasteiger partial charge in [0.05, 0.1) is 0 Å². The highest BCUT2D eigenvalue weighted by Crippen LogP contribution is 2.28. The summed E-state index contributed by atoms with van der Waals surface area (Å²) in [6.45, 7) is 0. The number of hydrogen-bond donors (Lipinski definition) is 0. The summed E-state index contributed by atoms with van der Waals surface area (Å²) in [5.41, 5.74) is 1.28. The minimum atomic E-state index is 0.445. The van der Waals surface area contributed by atoms with Crippen LogP contribution in [0.1, 0.15) is 50.5 Å². The number of Topliss-reactive ketones (excluding diaryl/α,β-unsaturated/α-hetero) is 1. The van der Waals surface area contributed by atoms with Crippen molar-refractivity contribution in [2.75, 3.05) is 0 Å². The molecule has 1 heteroatoms. The van der Waals surface area contributed by atoms with Gasteiger partial charge in [0.15, 0.2) is 0 Å².